The van der Waals surface area contributed by atoms with E-state index in [0.29, 0.717) is 23.0 Å². The van der Waals surface area contributed by atoms with E-state index in [1.807, 2.05) is 6.92 Å². The fraction of sp³-hybridized carbons (Fsp3) is 0.385. The van der Waals surface area contributed by atoms with Gasteiger partial charge in [-0.05, 0) is 25.0 Å². The second-order valence-corrected chi connectivity index (χ2v) is 4.42. The average molecular weight is 285 g/mol. The van der Waals surface area contributed by atoms with Gasteiger partial charge in [-0.15, -0.1) is 0 Å². The van der Waals surface area contributed by atoms with Crippen molar-refractivity contribution in [2.75, 3.05) is 19.0 Å². The van der Waals surface area contributed by atoms with E-state index in [2.05, 4.69) is 10.6 Å². The third-order valence-corrected chi connectivity index (χ3v) is 2.88. The Morgan fingerprint density at radius 2 is 2.00 bits per heavy atom. The molecule has 0 unspecified atom stereocenters. The molecule has 0 saturated carbocycles. The highest BCUT2D eigenvalue weighted by Crippen LogP contribution is 2.30. The van der Waals surface area contributed by atoms with Crippen molar-refractivity contribution in [3.05, 3.63) is 22.7 Å². The number of benzene rings is 1. The molecule has 6 heteroatoms. The van der Waals surface area contributed by atoms with E-state index in [1.165, 1.54) is 7.11 Å². The normalized spacial score (nSPS) is 9.89. The zero-order chi connectivity index (χ0) is 14.4. The predicted molar refractivity (Wildman–Crippen MR) is 74.7 cm³/mol. The molecule has 0 radical (unpaired) electrons. The molecule has 2 amide bonds. The molecule has 5 nitrogen and oxygen atoms in total. The Kier molecular flexibility index (Phi) is 5.63. The maximum absolute atomic E-state index is 11.7. The lowest BCUT2D eigenvalue weighted by molar-refractivity contribution is -0.136. The van der Waals surface area contributed by atoms with Crippen LogP contribution in [0.4, 0.5) is 5.69 Å². The number of aryl methyl sites for hydroxylation is 1. The molecular weight excluding hydrogens is 268 g/mol. The van der Waals surface area contributed by atoms with Crippen molar-refractivity contribution in [2.45, 2.75) is 20.3 Å². The topological polar surface area (TPSA) is 67.4 Å². The van der Waals surface area contributed by atoms with Crippen molar-refractivity contribution in [1.29, 1.82) is 0 Å². The van der Waals surface area contributed by atoms with Crippen LogP contribution >= 0.6 is 11.6 Å². The summed E-state index contributed by atoms with van der Waals surface area (Å²) in [7, 11) is 1.47. The second kappa shape index (κ2) is 6.99. The van der Waals surface area contributed by atoms with Gasteiger partial charge in [0.1, 0.15) is 5.75 Å². The van der Waals surface area contributed by atoms with Crippen LogP contribution in [0.2, 0.25) is 5.02 Å². The predicted octanol–water partition coefficient (Wildman–Crippen LogP) is 2.12. The average Bonchev–Trinajstić information content (AvgIpc) is 2.39. The number of carbonyl (C=O) groups excluding carboxylic acids is 2. The first-order chi connectivity index (χ1) is 8.99. The quantitative estimate of drug-likeness (QED) is 0.832. The summed E-state index contributed by atoms with van der Waals surface area (Å²) in [5.74, 6) is -0.989. The van der Waals surface area contributed by atoms with Crippen molar-refractivity contribution in [2.24, 2.45) is 0 Å². The van der Waals surface area contributed by atoms with Gasteiger partial charge in [-0.3, -0.25) is 9.59 Å². The van der Waals surface area contributed by atoms with Crippen LogP contribution in [0.1, 0.15) is 18.9 Å². The van der Waals surface area contributed by atoms with Crippen LogP contribution < -0.4 is 15.4 Å². The Labute approximate surface area is 117 Å². The number of hydrogen-bond acceptors (Lipinski definition) is 3. The van der Waals surface area contributed by atoms with Gasteiger partial charge in [-0.2, -0.15) is 0 Å². The molecule has 104 valence electrons. The van der Waals surface area contributed by atoms with E-state index in [-0.39, 0.29) is 0 Å². The summed E-state index contributed by atoms with van der Waals surface area (Å²) in [5.41, 5.74) is 1.20. The third-order valence-electron chi connectivity index (χ3n) is 2.47. The molecule has 1 aromatic rings. The molecule has 0 aliphatic carbocycles. The number of amides is 2. The standard InChI is InChI=1S/C13H17ClN2O3/c1-4-5-15-12(17)13(18)16-10-6-8(2)9(14)7-11(10)19-3/h6-7H,4-5H2,1-3H3,(H,15,17)(H,16,18). The van der Waals surface area contributed by atoms with E-state index in [9.17, 15) is 9.59 Å². The first-order valence-electron chi connectivity index (χ1n) is 5.92. The van der Waals surface area contributed by atoms with Crippen molar-refractivity contribution < 1.29 is 14.3 Å². The molecule has 0 aliphatic rings. The SMILES string of the molecule is CCCNC(=O)C(=O)Nc1cc(C)c(Cl)cc1OC. The highest BCUT2D eigenvalue weighted by atomic mass is 35.5. The second-order valence-electron chi connectivity index (χ2n) is 4.01. The number of rotatable bonds is 4. The zero-order valence-electron chi connectivity index (χ0n) is 11.2. The minimum atomic E-state index is -0.728. The summed E-state index contributed by atoms with van der Waals surface area (Å²) in [4.78, 5) is 23.1. The Hall–Kier alpha value is -1.75. The molecule has 0 spiro atoms. The smallest absolute Gasteiger partial charge is 0.313 e. The highest BCUT2D eigenvalue weighted by molar-refractivity contribution is 6.40. The van der Waals surface area contributed by atoms with Crippen LogP contribution in [-0.4, -0.2) is 25.5 Å². The van der Waals surface area contributed by atoms with Crippen LogP contribution in [0.3, 0.4) is 0 Å². The van der Waals surface area contributed by atoms with Gasteiger partial charge in [-0.25, -0.2) is 0 Å². The maximum Gasteiger partial charge on any atom is 0.313 e. The van der Waals surface area contributed by atoms with E-state index in [1.54, 1.807) is 19.1 Å². The molecule has 0 atom stereocenters. The number of methoxy groups -OCH3 is 1. The van der Waals surface area contributed by atoms with Gasteiger partial charge in [0.25, 0.3) is 0 Å². The third kappa shape index (κ3) is 4.13. The molecule has 0 saturated heterocycles. The van der Waals surface area contributed by atoms with Crippen molar-refractivity contribution in [3.8, 4) is 5.75 Å². The molecule has 1 rings (SSSR count). The molecule has 0 bridgehead atoms. The molecular formula is C13H17ClN2O3. The zero-order valence-corrected chi connectivity index (χ0v) is 11.9. The molecule has 0 fully saturated rings. The van der Waals surface area contributed by atoms with Crippen LogP contribution in [0.25, 0.3) is 0 Å². The molecule has 0 aliphatic heterocycles. The van der Waals surface area contributed by atoms with Gasteiger partial charge in [0.2, 0.25) is 0 Å². The molecule has 1 aromatic carbocycles. The fourth-order valence-electron chi connectivity index (χ4n) is 1.43. The Morgan fingerprint density at radius 1 is 1.32 bits per heavy atom. The minimum Gasteiger partial charge on any atom is -0.495 e. The van der Waals surface area contributed by atoms with E-state index in [0.717, 1.165) is 12.0 Å². The first kappa shape index (κ1) is 15.3. The van der Waals surface area contributed by atoms with Gasteiger partial charge in [0.15, 0.2) is 0 Å². The number of ether oxygens (including phenoxy) is 1. The summed E-state index contributed by atoms with van der Waals surface area (Å²) < 4.78 is 5.11. The Morgan fingerprint density at radius 3 is 2.58 bits per heavy atom. The molecule has 2 N–H and O–H groups in total. The first-order valence-corrected chi connectivity index (χ1v) is 6.30. The molecule has 0 aromatic heterocycles. The van der Waals surface area contributed by atoms with Crippen molar-refractivity contribution in [1.82, 2.24) is 5.32 Å². The number of anilines is 1. The monoisotopic (exact) mass is 284 g/mol. The number of hydrogen-bond donors (Lipinski definition) is 2. The van der Waals surface area contributed by atoms with Gasteiger partial charge in [-0.1, -0.05) is 18.5 Å². The van der Waals surface area contributed by atoms with Crippen molar-refractivity contribution >= 4 is 29.1 Å². The summed E-state index contributed by atoms with van der Waals surface area (Å²) >= 11 is 5.96. The van der Waals surface area contributed by atoms with Gasteiger partial charge < -0.3 is 15.4 Å². The molecule has 19 heavy (non-hydrogen) atoms. The largest absolute Gasteiger partial charge is 0.495 e. The molecule has 0 heterocycles. The lowest BCUT2D eigenvalue weighted by atomic mass is 10.2. The van der Waals surface area contributed by atoms with Crippen LogP contribution in [-0.2, 0) is 9.59 Å². The van der Waals surface area contributed by atoms with Crippen molar-refractivity contribution in [3.63, 3.8) is 0 Å². The summed E-state index contributed by atoms with van der Waals surface area (Å²) in [6, 6.07) is 3.25. The van der Waals surface area contributed by atoms with Crippen LogP contribution in [0, 0.1) is 6.92 Å². The Bertz CT molecular complexity index is 489. The number of nitrogens with one attached hydrogen (secondary N) is 2. The number of halogens is 1. The van der Waals surface area contributed by atoms with Crippen LogP contribution in [0.5, 0.6) is 5.75 Å². The van der Waals surface area contributed by atoms with E-state index < -0.39 is 11.8 Å². The van der Waals surface area contributed by atoms with Gasteiger partial charge >= 0.3 is 11.8 Å². The van der Waals surface area contributed by atoms with Gasteiger partial charge in [0.05, 0.1) is 12.8 Å². The van der Waals surface area contributed by atoms with Crippen LogP contribution in [0.15, 0.2) is 12.1 Å². The summed E-state index contributed by atoms with van der Waals surface area (Å²) in [6.45, 7) is 4.17. The lowest BCUT2D eigenvalue weighted by Crippen LogP contribution is -2.35. The lowest BCUT2D eigenvalue weighted by Gasteiger charge is -2.12. The fourth-order valence-corrected chi connectivity index (χ4v) is 1.58. The summed E-state index contributed by atoms with van der Waals surface area (Å²) in [6.07, 6.45) is 0.766. The van der Waals surface area contributed by atoms with Gasteiger partial charge in [0, 0.05) is 17.6 Å². The highest BCUT2D eigenvalue weighted by Gasteiger charge is 2.16. The maximum atomic E-state index is 11.7. The number of carbonyl (C=O) groups is 2. The van der Waals surface area contributed by atoms with E-state index >= 15 is 0 Å². The summed E-state index contributed by atoms with van der Waals surface area (Å²) in [5, 5.41) is 5.53. The Balaban J connectivity index is 2.84. The minimum absolute atomic E-state index is 0.409. The van der Waals surface area contributed by atoms with E-state index in [4.69, 9.17) is 16.3 Å².